The summed E-state index contributed by atoms with van der Waals surface area (Å²) in [5, 5.41) is 19.2. The summed E-state index contributed by atoms with van der Waals surface area (Å²) in [6.07, 6.45) is -15.4. The summed E-state index contributed by atoms with van der Waals surface area (Å²) in [6, 6.07) is 0. The van der Waals surface area contributed by atoms with E-state index in [1.54, 1.807) is 0 Å². The summed E-state index contributed by atoms with van der Waals surface area (Å²) in [4.78, 5) is 19.2. The van der Waals surface area contributed by atoms with E-state index < -0.39 is 95.4 Å². The number of hydrogen-bond donors (Lipinski definition) is 0. The minimum atomic E-state index is -8.50. The van der Waals surface area contributed by atoms with Crippen molar-refractivity contribution in [3.8, 4) is 0 Å². The number of rotatable bonds is 12. The molecule has 0 fully saturated rings. The molecule has 35 heteroatoms. The second kappa shape index (κ2) is 13.3. The SMILES string of the molecule is O=C([O-])C(F)(F)C(F)(F)C(F)(F)C(F)(F)C(F)(F)C(F)(F)C(F)(F)F.O=C([O-])C(F)(F)C(F)(F)C(F)(F)C(F)(F)C(F)(F)C(F)(F)C(F)(F)F.[Cu+2]. The fraction of sp³-hybridized carbons (Fsp3) is 0.875. The number of carbonyl (C=O) groups excluding carboxylic acids is 2. The monoisotopic (exact) mass is 889 g/mol. The van der Waals surface area contributed by atoms with Crippen LogP contribution in [-0.2, 0) is 26.7 Å². The molecule has 0 aromatic rings. The summed E-state index contributed by atoms with van der Waals surface area (Å²) in [5.41, 5.74) is 0. The van der Waals surface area contributed by atoms with Gasteiger partial charge in [-0.05, 0) is 0 Å². The van der Waals surface area contributed by atoms with Crippen LogP contribution in [0.2, 0.25) is 0 Å². The Morgan fingerprint density at radius 3 is 0.490 bits per heavy atom. The van der Waals surface area contributed by atoms with Gasteiger partial charge in [-0.1, -0.05) is 0 Å². The largest absolute Gasteiger partial charge is 2.00 e. The fourth-order valence-corrected chi connectivity index (χ4v) is 2.19. The average molecular weight is 890 g/mol. The third-order valence-electron chi connectivity index (χ3n) is 5.17. The third kappa shape index (κ3) is 7.07. The number of carboxylic acids is 2. The van der Waals surface area contributed by atoms with E-state index in [2.05, 4.69) is 0 Å². The molecule has 51 heavy (non-hydrogen) atoms. The van der Waals surface area contributed by atoms with E-state index in [4.69, 9.17) is 0 Å². The molecule has 0 atom stereocenters. The summed E-state index contributed by atoms with van der Waals surface area (Å²) in [5.74, 6) is -107. The zero-order chi connectivity index (χ0) is 42.2. The predicted molar refractivity (Wildman–Crippen MR) is 81.5 cm³/mol. The van der Waals surface area contributed by atoms with Gasteiger partial charge in [-0.3, -0.25) is 0 Å². The number of halogens is 30. The number of hydrogen-bond acceptors (Lipinski definition) is 4. The van der Waals surface area contributed by atoms with Gasteiger partial charge in [-0.15, -0.1) is 0 Å². The van der Waals surface area contributed by atoms with Crippen molar-refractivity contribution in [2.24, 2.45) is 0 Å². The van der Waals surface area contributed by atoms with Gasteiger partial charge in [0.1, 0.15) is 11.9 Å². The van der Waals surface area contributed by atoms with E-state index in [9.17, 15) is 152 Å². The van der Waals surface area contributed by atoms with Gasteiger partial charge in [0, 0.05) is 0 Å². The molecule has 0 aromatic heterocycles. The second-order valence-corrected chi connectivity index (χ2v) is 8.46. The molecule has 0 aromatic carbocycles. The maximum Gasteiger partial charge on any atom is 2.00 e. The normalized spacial score (nSPS) is 15.8. The van der Waals surface area contributed by atoms with Gasteiger partial charge in [-0.2, -0.15) is 132 Å². The minimum absolute atomic E-state index is 0. The standard InChI is InChI=1S/2C8HF15O2.Cu/c2*9-2(10,1(24)25)3(11,12)4(13,14)5(15,16)6(17,18)7(19,20)8(21,22)23;/h2*(H,24,25);/q;;+2/p-2. The molecule has 0 saturated heterocycles. The molecule has 0 amide bonds. The molecule has 0 bridgehead atoms. The van der Waals surface area contributed by atoms with Crippen LogP contribution >= 0.6 is 0 Å². The van der Waals surface area contributed by atoms with Crippen LogP contribution in [0.1, 0.15) is 0 Å². The number of carboxylic acid groups (broad SMARTS) is 2. The van der Waals surface area contributed by atoms with Crippen LogP contribution in [0.15, 0.2) is 0 Å². The average Bonchev–Trinajstić information content (AvgIpc) is 2.86. The van der Waals surface area contributed by atoms with E-state index >= 15 is 0 Å². The molecule has 309 valence electrons. The van der Waals surface area contributed by atoms with Crippen molar-refractivity contribution in [3.63, 3.8) is 0 Å². The van der Waals surface area contributed by atoms with Gasteiger partial charge in [0.05, 0.1) is 0 Å². The molecule has 0 aliphatic heterocycles. The predicted octanol–water partition coefficient (Wildman–Crippen LogP) is 6.22. The molecule has 4 nitrogen and oxygen atoms in total. The molecule has 0 heterocycles. The molecular formula is C16CuF30O4. The van der Waals surface area contributed by atoms with E-state index in [0.717, 1.165) is 0 Å². The van der Waals surface area contributed by atoms with Gasteiger partial charge < -0.3 is 19.8 Å². The first-order chi connectivity index (χ1) is 20.9. The topological polar surface area (TPSA) is 80.3 Å². The van der Waals surface area contributed by atoms with Gasteiger partial charge in [0.2, 0.25) is 0 Å². The molecular weight excluding hydrogens is 890 g/mol. The molecule has 0 spiro atoms. The summed E-state index contributed by atoms with van der Waals surface area (Å²) in [7, 11) is 0. The second-order valence-electron chi connectivity index (χ2n) is 8.46. The van der Waals surface area contributed by atoms with Crippen LogP contribution in [0.25, 0.3) is 0 Å². The zero-order valence-corrected chi connectivity index (χ0v) is 22.2. The zero-order valence-electron chi connectivity index (χ0n) is 21.3. The summed E-state index contributed by atoms with van der Waals surface area (Å²) < 4.78 is 372. The summed E-state index contributed by atoms with van der Waals surface area (Å²) in [6.45, 7) is 0. The minimum Gasteiger partial charge on any atom is -0.544 e. The Morgan fingerprint density at radius 2 is 0.373 bits per heavy atom. The van der Waals surface area contributed by atoms with Crippen molar-refractivity contribution in [2.45, 2.75) is 83.4 Å². The number of alkyl halides is 30. The quantitative estimate of drug-likeness (QED) is 0.173. The number of aliphatic carboxylic acids is 2. The van der Waals surface area contributed by atoms with Crippen molar-refractivity contribution in [3.05, 3.63) is 0 Å². The Hall–Kier alpha value is -2.64. The van der Waals surface area contributed by atoms with Crippen molar-refractivity contribution < 1.29 is 169 Å². The van der Waals surface area contributed by atoms with Crippen LogP contribution in [0, 0.1) is 0 Å². The fourth-order valence-electron chi connectivity index (χ4n) is 2.19. The molecule has 0 unspecified atom stereocenters. The molecule has 1 radical (unpaired) electrons. The van der Waals surface area contributed by atoms with E-state index in [1.165, 1.54) is 0 Å². The molecule has 0 aliphatic rings. The Bertz CT molecular complexity index is 1160. The first kappa shape index (κ1) is 52.7. The molecule has 0 N–H and O–H groups in total. The van der Waals surface area contributed by atoms with Gasteiger partial charge in [-0.25, -0.2) is 0 Å². The molecule has 0 rings (SSSR count). The van der Waals surface area contributed by atoms with Crippen molar-refractivity contribution in [1.29, 1.82) is 0 Å². The Morgan fingerprint density at radius 1 is 0.255 bits per heavy atom. The van der Waals surface area contributed by atoms with Crippen molar-refractivity contribution in [1.82, 2.24) is 0 Å². The van der Waals surface area contributed by atoms with E-state index in [1.807, 2.05) is 0 Å². The first-order valence-electron chi connectivity index (χ1n) is 9.99. The van der Waals surface area contributed by atoms with Gasteiger partial charge >= 0.3 is 100 Å². The van der Waals surface area contributed by atoms with E-state index in [0.29, 0.717) is 0 Å². The smallest absolute Gasteiger partial charge is 0.544 e. The van der Waals surface area contributed by atoms with Gasteiger partial charge in [0.25, 0.3) is 0 Å². The Kier molecular flexibility index (Phi) is 13.8. The molecule has 0 aliphatic carbocycles. The Balaban J connectivity index is -0.000000886. The maximum absolute atomic E-state index is 12.8. The Labute approximate surface area is 265 Å². The van der Waals surface area contributed by atoms with Crippen molar-refractivity contribution in [2.75, 3.05) is 0 Å². The number of carbonyl (C=O) groups is 2. The van der Waals surface area contributed by atoms with Crippen LogP contribution in [-0.4, -0.2) is 95.4 Å². The van der Waals surface area contributed by atoms with Crippen LogP contribution in [0.3, 0.4) is 0 Å². The van der Waals surface area contributed by atoms with Crippen LogP contribution in [0.4, 0.5) is 132 Å². The summed E-state index contributed by atoms with van der Waals surface area (Å²) >= 11 is 0. The maximum atomic E-state index is 12.8. The van der Waals surface area contributed by atoms with Crippen molar-refractivity contribution >= 4 is 11.9 Å². The van der Waals surface area contributed by atoms with Crippen LogP contribution in [0.5, 0.6) is 0 Å². The molecule has 0 saturated carbocycles. The third-order valence-corrected chi connectivity index (χ3v) is 5.17. The van der Waals surface area contributed by atoms with E-state index in [-0.39, 0.29) is 17.1 Å². The van der Waals surface area contributed by atoms with Gasteiger partial charge in [0.15, 0.2) is 0 Å². The first-order valence-corrected chi connectivity index (χ1v) is 9.99. The van der Waals surface area contributed by atoms with Crippen LogP contribution < -0.4 is 10.2 Å².